The number of carbonyl (C=O) groups excluding carboxylic acids is 1. The standard InChI is InChI=1S/C19H39N5O.HI/c1-6-24(7-2)14-10-11-16(3)21-19(20-15-18(25)23(4)5)22-17-12-8-9-13-17;/h16-17H,6-15H2,1-5H3,(H2,20,21,22);1H. The monoisotopic (exact) mass is 481 g/mol. The number of aliphatic imine (C=N–C) groups is 1. The molecule has 1 saturated carbocycles. The molecule has 0 spiro atoms. The van der Waals surface area contributed by atoms with Crippen molar-refractivity contribution in [2.45, 2.75) is 71.4 Å². The van der Waals surface area contributed by atoms with Crippen molar-refractivity contribution in [3.8, 4) is 0 Å². The van der Waals surface area contributed by atoms with E-state index in [1.54, 1.807) is 19.0 Å². The topological polar surface area (TPSA) is 60.0 Å². The number of hydrogen-bond acceptors (Lipinski definition) is 3. The van der Waals surface area contributed by atoms with Gasteiger partial charge in [-0.05, 0) is 52.2 Å². The molecule has 26 heavy (non-hydrogen) atoms. The highest BCUT2D eigenvalue weighted by molar-refractivity contribution is 14.0. The molecule has 7 heteroatoms. The highest BCUT2D eigenvalue weighted by atomic mass is 127. The van der Waals surface area contributed by atoms with Gasteiger partial charge in [0.2, 0.25) is 5.91 Å². The molecule has 0 heterocycles. The van der Waals surface area contributed by atoms with Crippen molar-refractivity contribution in [3.63, 3.8) is 0 Å². The molecule has 0 radical (unpaired) electrons. The van der Waals surface area contributed by atoms with Crippen LogP contribution < -0.4 is 10.6 Å². The fourth-order valence-electron chi connectivity index (χ4n) is 3.15. The van der Waals surface area contributed by atoms with Gasteiger partial charge in [0, 0.05) is 26.2 Å². The number of halogens is 1. The lowest BCUT2D eigenvalue weighted by atomic mass is 10.1. The predicted molar refractivity (Wildman–Crippen MR) is 121 cm³/mol. The van der Waals surface area contributed by atoms with E-state index in [9.17, 15) is 4.79 Å². The molecule has 0 aromatic rings. The Morgan fingerprint density at radius 3 is 2.35 bits per heavy atom. The van der Waals surface area contributed by atoms with E-state index in [2.05, 4.69) is 41.3 Å². The Morgan fingerprint density at radius 1 is 1.19 bits per heavy atom. The number of nitrogens with one attached hydrogen (secondary N) is 2. The third kappa shape index (κ3) is 10.5. The molecule has 154 valence electrons. The normalized spacial score (nSPS) is 16.3. The molecular formula is C19H40IN5O. The van der Waals surface area contributed by atoms with Crippen molar-refractivity contribution >= 4 is 35.8 Å². The average Bonchev–Trinajstić information content (AvgIpc) is 3.09. The van der Waals surface area contributed by atoms with Crippen molar-refractivity contribution in [2.75, 3.05) is 40.3 Å². The van der Waals surface area contributed by atoms with Gasteiger partial charge in [-0.1, -0.05) is 26.7 Å². The first-order chi connectivity index (χ1) is 12.0. The molecule has 1 fully saturated rings. The number of carbonyl (C=O) groups is 1. The maximum absolute atomic E-state index is 11.8. The second-order valence-electron chi connectivity index (χ2n) is 7.29. The van der Waals surface area contributed by atoms with Gasteiger partial charge in [-0.25, -0.2) is 4.99 Å². The molecule has 1 aliphatic carbocycles. The Morgan fingerprint density at radius 2 is 1.81 bits per heavy atom. The van der Waals surface area contributed by atoms with Gasteiger partial charge in [-0.3, -0.25) is 4.79 Å². The first-order valence-electron chi connectivity index (χ1n) is 9.96. The van der Waals surface area contributed by atoms with Gasteiger partial charge in [0.15, 0.2) is 5.96 Å². The molecule has 0 aliphatic heterocycles. The van der Waals surface area contributed by atoms with E-state index in [1.807, 2.05) is 0 Å². The number of hydrogen-bond donors (Lipinski definition) is 2. The molecular weight excluding hydrogens is 441 g/mol. The average molecular weight is 481 g/mol. The summed E-state index contributed by atoms with van der Waals surface area (Å²) in [6, 6.07) is 0.834. The Kier molecular flexibility index (Phi) is 14.2. The maximum Gasteiger partial charge on any atom is 0.243 e. The third-order valence-electron chi connectivity index (χ3n) is 4.96. The van der Waals surface area contributed by atoms with Crippen LogP contribution in [-0.4, -0.2) is 74.0 Å². The van der Waals surface area contributed by atoms with Crippen molar-refractivity contribution in [1.82, 2.24) is 20.4 Å². The lowest BCUT2D eigenvalue weighted by Gasteiger charge is -2.23. The molecule has 1 rings (SSSR count). The van der Waals surface area contributed by atoms with Crippen LogP contribution in [-0.2, 0) is 4.79 Å². The SMILES string of the molecule is CCN(CC)CCCC(C)NC(=NCC(=O)N(C)C)NC1CCCC1.I. The highest BCUT2D eigenvalue weighted by Gasteiger charge is 2.17. The largest absolute Gasteiger partial charge is 0.354 e. The number of guanidine groups is 1. The minimum atomic E-state index is 0. The van der Waals surface area contributed by atoms with E-state index in [1.165, 1.54) is 32.1 Å². The third-order valence-corrected chi connectivity index (χ3v) is 4.96. The molecule has 0 aromatic heterocycles. The maximum atomic E-state index is 11.8. The number of amides is 1. The van der Waals surface area contributed by atoms with Crippen molar-refractivity contribution in [2.24, 2.45) is 4.99 Å². The van der Waals surface area contributed by atoms with E-state index in [0.717, 1.165) is 32.0 Å². The van der Waals surface area contributed by atoms with Gasteiger partial charge in [0.25, 0.3) is 0 Å². The van der Waals surface area contributed by atoms with Crippen LogP contribution in [0.2, 0.25) is 0 Å². The van der Waals surface area contributed by atoms with Crippen LogP contribution in [0.25, 0.3) is 0 Å². The van der Waals surface area contributed by atoms with Crippen LogP contribution in [0.4, 0.5) is 0 Å². The second kappa shape index (κ2) is 14.5. The van der Waals surface area contributed by atoms with Crippen LogP contribution in [0.5, 0.6) is 0 Å². The summed E-state index contributed by atoms with van der Waals surface area (Å²) in [6.07, 6.45) is 7.21. The Balaban J connectivity index is 0.00000625. The van der Waals surface area contributed by atoms with Gasteiger partial charge in [0.05, 0.1) is 0 Å². The summed E-state index contributed by atoms with van der Waals surface area (Å²) in [5.41, 5.74) is 0. The zero-order valence-corrected chi connectivity index (χ0v) is 19.7. The minimum Gasteiger partial charge on any atom is -0.354 e. The summed E-state index contributed by atoms with van der Waals surface area (Å²) in [5, 5.41) is 7.02. The van der Waals surface area contributed by atoms with Gasteiger partial charge < -0.3 is 20.4 Å². The van der Waals surface area contributed by atoms with E-state index in [-0.39, 0.29) is 36.4 Å². The van der Waals surface area contributed by atoms with E-state index in [4.69, 9.17) is 0 Å². The molecule has 1 unspecified atom stereocenters. The zero-order chi connectivity index (χ0) is 18.7. The molecule has 0 bridgehead atoms. The fourth-order valence-corrected chi connectivity index (χ4v) is 3.15. The molecule has 1 aliphatic rings. The summed E-state index contributed by atoms with van der Waals surface area (Å²) in [6.45, 7) is 10.2. The summed E-state index contributed by atoms with van der Waals surface area (Å²) in [7, 11) is 3.54. The van der Waals surface area contributed by atoms with E-state index < -0.39 is 0 Å². The molecule has 0 aromatic carbocycles. The molecule has 2 N–H and O–H groups in total. The van der Waals surface area contributed by atoms with E-state index in [0.29, 0.717) is 12.1 Å². The molecule has 6 nitrogen and oxygen atoms in total. The fraction of sp³-hybridized carbons (Fsp3) is 0.895. The smallest absolute Gasteiger partial charge is 0.243 e. The first kappa shape index (κ1) is 25.4. The number of rotatable bonds is 10. The van der Waals surface area contributed by atoms with Crippen LogP contribution in [0.15, 0.2) is 4.99 Å². The lowest BCUT2D eigenvalue weighted by molar-refractivity contribution is -0.127. The minimum absolute atomic E-state index is 0. The first-order valence-corrected chi connectivity index (χ1v) is 9.96. The number of likely N-dealkylation sites (N-methyl/N-ethyl adjacent to an activating group) is 1. The van der Waals surface area contributed by atoms with Crippen molar-refractivity contribution in [1.29, 1.82) is 0 Å². The van der Waals surface area contributed by atoms with Gasteiger partial charge in [-0.2, -0.15) is 0 Å². The summed E-state index contributed by atoms with van der Waals surface area (Å²) in [4.78, 5) is 20.4. The Bertz CT molecular complexity index is 407. The van der Waals surface area contributed by atoms with Crippen LogP contribution in [0, 0.1) is 0 Å². The summed E-state index contributed by atoms with van der Waals surface area (Å²) in [5.74, 6) is 0.819. The quantitative estimate of drug-likeness (QED) is 0.286. The van der Waals surface area contributed by atoms with Crippen LogP contribution in [0.1, 0.15) is 59.3 Å². The lowest BCUT2D eigenvalue weighted by Crippen LogP contribution is -2.46. The second-order valence-corrected chi connectivity index (χ2v) is 7.29. The zero-order valence-electron chi connectivity index (χ0n) is 17.4. The van der Waals surface area contributed by atoms with E-state index >= 15 is 0 Å². The molecule has 0 saturated heterocycles. The Hall–Kier alpha value is -0.570. The number of nitrogens with zero attached hydrogens (tertiary/aromatic N) is 3. The molecule has 1 amide bonds. The highest BCUT2D eigenvalue weighted by Crippen LogP contribution is 2.17. The van der Waals surface area contributed by atoms with Crippen molar-refractivity contribution in [3.05, 3.63) is 0 Å². The summed E-state index contributed by atoms with van der Waals surface area (Å²) >= 11 is 0. The van der Waals surface area contributed by atoms with Gasteiger partial charge in [-0.15, -0.1) is 24.0 Å². The van der Waals surface area contributed by atoms with Crippen molar-refractivity contribution < 1.29 is 4.79 Å². The molecule has 1 atom stereocenters. The van der Waals surface area contributed by atoms with Gasteiger partial charge in [0.1, 0.15) is 6.54 Å². The predicted octanol–water partition coefficient (Wildman–Crippen LogP) is 2.68. The Labute approximate surface area is 177 Å². The van der Waals surface area contributed by atoms with Crippen LogP contribution >= 0.6 is 24.0 Å². The van der Waals surface area contributed by atoms with Gasteiger partial charge >= 0.3 is 0 Å². The van der Waals surface area contributed by atoms with Crippen LogP contribution in [0.3, 0.4) is 0 Å². The summed E-state index contributed by atoms with van der Waals surface area (Å²) < 4.78 is 0.